The van der Waals surface area contributed by atoms with E-state index in [-0.39, 0.29) is 12.1 Å². The fourth-order valence-corrected chi connectivity index (χ4v) is 4.02. The monoisotopic (exact) mass is 373 g/mol. The number of aromatic nitrogens is 1. The summed E-state index contributed by atoms with van der Waals surface area (Å²) in [4.78, 5) is 18.8. The van der Waals surface area contributed by atoms with Gasteiger partial charge >= 0.3 is 0 Å². The third-order valence-electron chi connectivity index (χ3n) is 3.89. The van der Waals surface area contributed by atoms with Crippen molar-refractivity contribution >= 4 is 44.2 Å². The molecule has 3 aliphatic rings. The third-order valence-corrected chi connectivity index (χ3v) is 5.83. The first kappa shape index (κ1) is 11.0. The molecule has 1 amide bonds. The Labute approximate surface area is 120 Å². The Morgan fingerprint density at radius 2 is 2.33 bits per heavy atom. The van der Waals surface area contributed by atoms with Crippen LogP contribution in [0.2, 0.25) is 0 Å². The summed E-state index contributed by atoms with van der Waals surface area (Å²) in [5, 5.41) is 0. The van der Waals surface area contributed by atoms with Crippen molar-refractivity contribution in [2.45, 2.75) is 24.7 Å². The molecule has 1 saturated heterocycles. The molecule has 1 spiro atoms. The molecule has 0 N–H and O–H groups in total. The zero-order chi connectivity index (χ0) is 12.5. The third kappa shape index (κ3) is 1.08. The van der Waals surface area contributed by atoms with E-state index in [1.807, 2.05) is 15.5 Å². The zero-order valence-corrected chi connectivity index (χ0v) is 12.4. The smallest absolute Gasteiger partial charge is 0.272 e. The van der Waals surface area contributed by atoms with Crippen molar-refractivity contribution in [1.82, 2.24) is 9.47 Å². The molecular formula is C11H9Br2N3O2. The molecule has 18 heavy (non-hydrogen) atoms. The molecule has 4 rings (SSSR count). The minimum absolute atomic E-state index is 0.0257. The summed E-state index contributed by atoms with van der Waals surface area (Å²) in [6, 6.07) is 1.83. The summed E-state index contributed by atoms with van der Waals surface area (Å²) in [6.45, 7) is 0.746. The topological polar surface area (TPSA) is 46.8 Å². The lowest BCUT2D eigenvalue weighted by Gasteiger charge is -2.41. The van der Waals surface area contributed by atoms with Gasteiger partial charge in [-0.25, -0.2) is 4.99 Å². The fraction of sp³-hybridized carbons (Fsp3) is 0.455. The lowest BCUT2D eigenvalue weighted by molar-refractivity contribution is -0.0208. The fourth-order valence-electron chi connectivity index (χ4n) is 3.12. The molecule has 0 saturated carbocycles. The molecule has 2 atom stereocenters. The van der Waals surface area contributed by atoms with Crippen LogP contribution >= 0.6 is 31.9 Å². The van der Waals surface area contributed by atoms with Crippen LogP contribution in [0.15, 0.2) is 20.1 Å². The number of rotatable bonds is 0. The van der Waals surface area contributed by atoms with Gasteiger partial charge in [-0.2, -0.15) is 0 Å². The summed E-state index contributed by atoms with van der Waals surface area (Å²) >= 11 is 6.95. The second-order valence-corrected chi connectivity index (χ2v) is 6.31. The number of amides is 1. The van der Waals surface area contributed by atoms with Crippen LogP contribution in [-0.2, 0) is 4.74 Å². The summed E-state index contributed by atoms with van der Waals surface area (Å²) in [5.74, 6) is 0.0257. The molecule has 0 radical (unpaired) electrons. The summed E-state index contributed by atoms with van der Waals surface area (Å²) < 4.78 is 9.23. The SMILES string of the molecule is O=C1c2cc(Br)c(Br)n2[C@@H]2OC=N[C@@]23CCCN13. The van der Waals surface area contributed by atoms with E-state index in [0.29, 0.717) is 5.69 Å². The normalized spacial score (nSPS) is 32.2. The van der Waals surface area contributed by atoms with Crippen molar-refractivity contribution in [1.29, 1.82) is 0 Å². The molecule has 1 fully saturated rings. The highest BCUT2D eigenvalue weighted by atomic mass is 79.9. The highest BCUT2D eigenvalue weighted by Gasteiger charge is 2.58. The van der Waals surface area contributed by atoms with Crippen LogP contribution in [0.4, 0.5) is 0 Å². The van der Waals surface area contributed by atoms with Gasteiger partial charge in [-0.15, -0.1) is 0 Å². The van der Waals surface area contributed by atoms with Crippen LogP contribution < -0.4 is 0 Å². The number of nitrogens with zero attached hydrogens (tertiary/aromatic N) is 3. The van der Waals surface area contributed by atoms with E-state index in [2.05, 4.69) is 36.9 Å². The highest BCUT2D eigenvalue weighted by Crippen LogP contribution is 2.49. The van der Waals surface area contributed by atoms with Crippen LogP contribution in [0.5, 0.6) is 0 Å². The average Bonchev–Trinajstić information content (AvgIpc) is 3.01. The van der Waals surface area contributed by atoms with Crippen molar-refractivity contribution in [2.24, 2.45) is 4.99 Å². The Morgan fingerprint density at radius 1 is 1.50 bits per heavy atom. The number of aliphatic imine (C=N–C) groups is 1. The van der Waals surface area contributed by atoms with E-state index in [1.165, 1.54) is 6.40 Å². The quantitative estimate of drug-likeness (QED) is 0.700. The van der Waals surface area contributed by atoms with Crippen LogP contribution in [0.1, 0.15) is 29.6 Å². The van der Waals surface area contributed by atoms with Gasteiger partial charge < -0.3 is 9.64 Å². The van der Waals surface area contributed by atoms with Crippen LogP contribution in [-0.4, -0.2) is 34.0 Å². The number of ether oxygens (including phenoxy) is 1. The largest absolute Gasteiger partial charge is 0.455 e. The minimum atomic E-state index is -0.537. The second kappa shape index (κ2) is 3.39. The lowest BCUT2D eigenvalue weighted by atomic mass is 10.0. The Kier molecular flexibility index (Phi) is 2.08. The van der Waals surface area contributed by atoms with Gasteiger partial charge in [0.2, 0.25) is 6.23 Å². The van der Waals surface area contributed by atoms with Gasteiger partial charge in [-0.05, 0) is 50.8 Å². The predicted octanol–water partition coefficient (Wildman–Crippen LogP) is 2.52. The Morgan fingerprint density at radius 3 is 3.17 bits per heavy atom. The van der Waals surface area contributed by atoms with Crippen LogP contribution in [0.25, 0.3) is 0 Å². The Balaban J connectivity index is 2.00. The van der Waals surface area contributed by atoms with Crippen LogP contribution in [0, 0.1) is 0 Å². The molecule has 0 aromatic carbocycles. The van der Waals surface area contributed by atoms with Gasteiger partial charge in [0, 0.05) is 6.54 Å². The molecule has 94 valence electrons. The van der Waals surface area contributed by atoms with E-state index in [0.717, 1.165) is 28.5 Å². The molecule has 5 nitrogen and oxygen atoms in total. The zero-order valence-electron chi connectivity index (χ0n) is 9.27. The van der Waals surface area contributed by atoms with Crippen molar-refractivity contribution < 1.29 is 9.53 Å². The summed E-state index contributed by atoms with van der Waals surface area (Å²) in [6.07, 6.45) is 3.04. The van der Waals surface area contributed by atoms with E-state index in [9.17, 15) is 4.79 Å². The van der Waals surface area contributed by atoms with Gasteiger partial charge in [0.05, 0.1) is 4.47 Å². The maximum Gasteiger partial charge on any atom is 0.272 e. The summed E-state index contributed by atoms with van der Waals surface area (Å²) in [7, 11) is 0. The Bertz CT molecular complexity index is 597. The molecule has 0 bridgehead atoms. The number of fused-ring (bicyclic) bond motifs is 2. The minimum Gasteiger partial charge on any atom is -0.455 e. The number of carbonyl (C=O) groups is 1. The predicted molar refractivity (Wildman–Crippen MR) is 71.4 cm³/mol. The van der Waals surface area contributed by atoms with E-state index >= 15 is 0 Å². The van der Waals surface area contributed by atoms with E-state index < -0.39 is 5.66 Å². The van der Waals surface area contributed by atoms with Gasteiger partial charge in [0.25, 0.3) is 5.91 Å². The van der Waals surface area contributed by atoms with Crippen molar-refractivity contribution in [3.63, 3.8) is 0 Å². The second-order valence-electron chi connectivity index (χ2n) is 4.70. The van der Waals surface area contributed by atoms with Crippen molar-refractivity contribution in [3.05, 3.63) is 20.8 Å². The van der Waals surface area contributed by atoms with Gasteiger partial charge in [-0.3, -0.25) is 9.36 Å². The molecule has 1 aromatic heterocycles. The first-order valence-electron chi connectivity index (χ1n) is 5.72. The molecule has 7 heteroatoms. The molecule has 1 aromatic rings. The number of halogens is 2. The van der Waals surface area contributed by atoms with Gasteiger partial charge in [-0.1, -0.05) is 0 Å². The molecule has 4 heterocycles. The number of hydrogen-bond donors (Lipinski definition) is 0. The van der Waals surface area contributed by atoms with Gasteiger partial charge in [0.15, 0.2) is 12.1 Å². The van der Waals surface area contributed by atoms with Gasteiger partial charge in [0.1, 0.15) is 10.3 Å². The standard InChI is InChI=1S/C11H9Br2N3O2/c12-6-4-7-9(17)15-3-1-2-11(15)10(18-5-14-11)16(7)8(6)13/h4-5,10H,1-3H2/t10-,11-/m1/s1. The molecular weight excluding hydrogens is 366 g/mol. The first-order chi connectivity index (χ1) is 8.65. The Hall–Kier alpha value is -0.820. The number of carbonyl (C=O) groups excluding carboxylic acids is 1. The van der Waals surface area contributed by atoms with E-state index in [1.54, 1.807) is 0 Å². The van der Waals surface area contributed by atoms with Crippen LogP contribution in [0.3, 0.4) is 0 Å². The average molecular weight is 375 g/mol. The lowest BCUT2D eigenvalue weighted by Crippen LogP contribution is -2.54. The molecule has 0 aliphatic carbocycles. The van der Waals surface area contributed by atoms with E-state index in [4.69, 9.17) is 4.74 Å². The highest BCUT2D eigenvalue weighted by molar-refractivity contribution is 9.13. The van der Waals surface area contributed by atoms with Crippen molar-refractivity contribution in [2.75, 3.05) is 6.54 Å². The summed E-state index contributed by atoms with van der Waals surface area (Å²) in [5.41, 5.74) is 0.104. The first-order valence-corrected chi connectivity index (χ1v) is 7.31. The molecule has 0 unspecified atom stereocenters. The maximum absolute atomic E-state index is 12.5. The molecule has 3 aliphatic heterocycles. The number of hydrogen-bond acceptors (Lipinski definition) is 3. The van der Waals surface area contributed by atoms with Crippen molar-refractivity contribution in [3.8, 4) is 0 Å². The maximum atomic E-state index is 12.5.